The van der Waals surface area contributed by atoms with Crippen LogP contribution in [0.3, 0.4) is 0 Å². The predicted octanol–water partition coefficient (Wildman–Crippen LogP) is 2.83. The van der Waals surface area contributed by atoms with Crippen LogP contribution in [-0.2, 0) is 17.8 Å². The second kappa shape index (κ2) is 8.35. The number of nitrogens with two attached hydrogens (primary N) is 1. The number of benzene rings is 1. The zero-order chi connectivity index (χ0) is 20.1. The molecule has 0 fully saturated rings. The Labute approximate surface area is 164 Å². The third-order valence-electron chi connectivity index (χ3n) is 4.48. The van der Waals surface area contributed by atoms with Crippen LogP contribution < -0.4 is 16.0 Å². The average molecular weight is 374 g/mol. The van der Waals surface area contributed by atoms with E-state index in [2.05, 4.69) is 16.9 Å². The largest absolute Gasteiger partial charge is 0.397 e. The number of hydrogen-bond donors (Lipinski definition) is 2. The van der Waals surface area contributed by atoms with Crippen molar-refractivity contribution in [1.82, 2.24) is 10.3 Å². The summed E-state index contributed by atoms with van der Waals surface area (Å²) >= 11 is 0. The number of carbonyl (C=O) groups is 2. The fourth-order valence-corrected chi connectivity index (χ4v) is 3.02. The zero-order valence-corrected chi connectivity index (χ0v) is 15.7. The SMILES string of the molecule is C=C/C=C(N)\C(=C/C)NC(=O)c1cccc(N2Cc3ccccc3CC2=O)n1. The van der Waals surface area contributed by atoms with Gasteiger partial charge >= 0.3 is 0 Å². The second-order valence-electron chi connectivity index (χ2n) is 6.32. The predicted molar refractivity (Wildman–Crippen MR) is 109 cm³/mol. The van der Waals surface area contributed by atoms with E-state index >= 15 is 0 Å². The monoisotopic (exact) mass is 374 g/mol. The molecule has 3 rings (SSSR count). The molecule has 0 saturated heterocycles. The highest BCUT2D eigenvalue weighted by Crippen LogP contribution is 2.24. The molecule has 6 nitrogen and oxygen atoms in total. The van der Waals surface area contributed by atoms with Gasteiger partial charge in [-0.25, -0.2) is 4.98 Å². The minimum atomic E-state index is -0.403. The number of hydrogen-bond acceptors (Lipinski definition) is 4. The van der Waals surface area contributed by atoms with Gasteiger partial charge in [0, 0.05) is 0 Å². The first-order valence-corrected chi connectivity index (χ1v) is 8.94. The molecule has 1 aliphatic rings. The van der Waals surface area contributed by atoms with Gasteiger partial charge in [-0.05, 0) is 36.3 Å². The highest BCUT2D eigenvalue weighted by atomic mass is 16.2. The normalized spacial score (nSPS) is 14.5. The van der Waals surface area contributed by atoms with E-state index in [0.717, 1.165) is 11.1 Å². The number of nitrogens with one attached hydrogen (secondary N) is 1. The molecule has 0 bridgehead atoms. The van der Waals surface area contributed by atoms with Crippen LogP contribution in [-0.4, -0.2) is 16.8 Å². The number of pyridine rings is 1. The van der Waals surface area contributed by atoms with Gasteiger partial charge in [0.1, 0.15) is 11.5 Å². The van der Waals surface area contributed by atoms with E-state index in [1.807, 2.05) is 24.3 Å². The van der Waals surface area contributed by atoms with Gasteiger partial charge in [0.2, 0.25) is 5.91 Å². The van der Waals surface area contributed by atoms with Crippen molar-refractivity contribution < 1.29 is 9.59 Å². The highest BCUT2D eigenvalue weighted by molar-refractivity contribution is 5.97. The molecule has 6 heteroatoms. The standard InChI is InChI=1S/C22H22N4O2/c1-3-8-17(23)18(4-2)25-22(28)19-11-7-12-20(24-19)26-14-16-10-6-5-9-15(16)13-21(26)27/h3-12H,1,13-14,23H2,2H3,(H,25,28)/b17-8+,18-4+. The van der Waals surface area contributed by atoms with E-state index in [1.54, 1.807) is 48.3 Å². The Balaban J connectivity index is 1.83. The maximum absolute atomic E-state index is 12.6. The summed E-state index contributed by atoms with van der Waals surface area (Å²) in [4.78, 5) is 31.2. The summed E-state index contributed by atoms with van der Waals surface area (Å²) in [5, 5.41) is 2.74. The van der Waals surface area contributed by atoms with Gasteiger partial charge in [0.25, 0.3) is 5.91 Å². The molecule has 2 amide bonds. The summed E-state index contributed by atoms with van der Waals surface area (Å²) in [6, 6.07) is 12.9. The summed E-state index contributed by atoms with van der Waals surface area (Å²) < 4.78 is 0. The van der Waals surface area contributed by atoms with Crippen LogP contribution in [0.5, 0.6) is 0 Å². The zero-order valence-electron chi connectivity index (χ0n) is 15.7. The van der Waals surface area contributed by atoms with Crippen molar-refractivity contribution in [3.8, 4) is 0 Å². The van der Waals surface area contributed by atoms with Crippen molar-refractivity contribution in [3.05, 3.63) is 95.5 Å². The number of anilines is 1. The lowest BCUT2D eigenvalue weighted by molar-refractivity contribution is -0.118. The summed E-state index contributed by atoms with van der Waals surface area (Å²) in [6.45, 7) is 5.80. The van der Waals surface area contributed by atoms with Crippen molar-refractivity contribution in [2.45, 2.75) is 19.9 Å². The number of carbonyl (C=O) groups excluding carboxylic acids is 2. The first kappa shape index (κ1) is 19.1. The van der Waals surface area contributed by atoms with Crippen molar-refractivity contribution in [3.63, 3.8) is 0 Å². The molecule has 1 aromatic carbocycles. The molecule has 1 aliphatic heterocycles. The fourth-order valence-electron chi connectivity index (χ4n) is 3.02. The minimum Gasteiger partial charge on any atom is -0.397 e. The van der Waals surface area contributed by atoms with Crippen LogP contribution >= 0.6 is 0 Å². The van der Waals surface area contributed by atoms with Gasteiger partial charge in [0.15, 0.2) is 0 Å². The maximum atomic E-state index is 12.6. The topological polar surface area (TPSA) is 88.3 Å². The molecule has 2 heterocycles. The van der Waals surface area contributed by atoms with E-state index in [4.69, 9.17) is 5.73 Å². The first-order chi connectivity index (χ1) is 13.5. The van der Waals surface area contributed by atoms with E-state index < -0.39 is 5.91 Å². The molecular formula is C22H22N4O2. The molecule has 142 valence electrons. The molecule has 0 saturated carbocycles. The number of nitrogens with zero attached hydrogens (tertiary/aromatic N) is 2. The molecule has 28 heavy (non-hydrogen) atoms. The first-order valence-electron chi connectivity index (χ1n) is 8.94. The fraction of sp³-hybridized carbons (Fsp3) is 0.136. The third-order valence-corrected chi connectivity index (χ3v) is 4.48. The van der Waals surface area contributed by atoms with Gasteiger partial charge in [-0.1, -0.05) is 49.1 Å². The molecular weight excluding hydrogens is 352 g/mol. The third kappa shape index (κ3) is 4.01. The Kier molecular flexibility index (Phi) is 5.69. The van der Waals surface area contributed by atoms with E-state index in [0.29, 0.717) is 30.2 Å². The molecule has 0 aliphatic carbocycles. The Morgan fingerprint density at radius 1 is 1.21 bits per heavy atom. The Hall–Kier alpha value is -3.67. The summed E-state index contributed by atoms with van der Waals surface area (Å²) in [7, 11) is 0. The summed E-state index contributed by atoms with van der Waals surface area (Å²) in [6.07, 6.45) is 5.16. The highest BCUT2D eigenvalue weighted by Gasteiger charge is 2.25. The Morgan fingerprint density at radius 2 is 1.96 bits per heavy atom. The maximum Gasteiger partial charge on any atom is 0.274 e. The number of fused-ring (bicyclic) bond motifs is 1. The minimum absolute atomic E-state index is 0.0453. The Bertz CT molecular complexity index is 992. The van der Waals surface area contributed by atoms with Crippen molar-refractivity contribution in [1.29, 1.82) is 0 Å². The molecule has 0 atom stereocenters. The van der Waals surface area contributed by atoms with Crippen molar-refractivity contribution in [2.75, 3.05) is 4.90 Å². The van der Waals surface area contributed by atoms with Crippen LogP contribution in [0.1, 0.15) is 28.5 Å². The molecule has 2 aromatic rings. The van der Waals surface area contributed by atoms with Crippen molar-refractivity contribution >= 4 is 17.6 Å². The van der Waals surface area contributed by atoms with Crippen LogP contribution in [0.4, 0.5) is 5.82 Å². The molecule has 0 unspecified atom stereocenters. The van der Waals surface area contributed by atoms with Gasteiger partial charge < -0.3 is 11.1 Å². The molecule has 0 radical (unpaired) electrons. The lowest BCUT2D eigenvalue weighted by Gasteiger charge is -2.28. The smallest absolute Gasteiger partial charge is 0.274 e. The van der Waals surface area contributed by atoms with Crippen LogP contribution in [0.2, 0.25) is 0 Å². The molecule has 1 aromatic heterocycles. The average Bonchev–Trinajstić information content (AvgIpc) is 2.71. The van der Waals surface area contributed by atoms with Crippen molar-refractivity contribution in [2.24, 2.45) is 5.73 Å². The van der Waals surface area contributed by atoms with E-state index in [-0.39, 0.29) is 11.6 Å². The van der Waals surface area contributed by atoms with Crippen LogP contribution in [0.25, 0.3) is 0 Å². The van der Waals surface area contributed by atoms with Gasteiger partial charge in [0.05, 0.1) is 24.4 Å². The molecule has 0 spiro atoms. The number of amides is 2. The van der Waals surface area contributed by atoms with E-state index in [9.17, 15) is 9.59 Å². The van der Waals surface area contributed by atoms with E-state index in [1.165, 1.54) is 0 Å². The number of rotatable bonds is 5. The number of aromatic nitrogens is 1. The lowest BCUT2D eigenvalue weighted by Crippen LogP contribution is -2.37. The van der Waals surface area contributed by atoms with Gasteiger partial charge in [-0.3, -0.25) is 14.5 Å². The summed E-state index contributed by atoms with van der Waals surface area (Å²) in [5.41, 5.74) is 9.09. The van der Waals surface area contributed by atoms with Gasteiger partial charge in [-0.15, -0.1) is 0 Å². The van der Waals surface area contributed by atoms with Crippen LogP contribution in [0.15, 0.2) is 78.7 Å². The van der Waals surface area contributed by atoms with Crippen LogP contribution in [0, 0.1) is 0 Å². The second-order valence-corrected chi connectivity index (χ2v) is 6.32. The summed E-state index contributed by atoms with van der Waals surface area (Å²) in [5.74, 6) is 0.0000643. The molecule has 3 N–H and O–H groups in total. The van der Waals surface area contributed by atoms with Gasteiger partial charge in [-0.2, -0.15) is 0 Å². The quantitative estimate of drug-likeness (QED) is 0.788. The lowest BCUT2D eigenvalue weighted by atomic mass is 9.99. The Morgan fingerprint density at radius 3 is 2.68 bits per heavy atom. The number of allylic oxidation sites excluding steroid dienone is 3.